The molecule has 3 rings (SSSR count). The molecule has 0 saturated carbocycles. The molecule has 40 heavy (non-hydrogen) atoms. The maximum atomic E-state index is 13.5. The molecule has 2 atom stereocenters. The molecule has 0 bridgehead atoms. The van der Waals surface area contributed by atoms with Crippen molar-refractivity contribution in [3.05, 3.63) is 99.5 Å². The van der Waals surface area contributed by atoms with Crippen LogP contribution in [0.15, 0.2) is 72.8 Å². The highest BCUT2D eigenvalue weighted by atomic mass is 35.5. The Morgan fingerprint density at radius 3 is 2.30 bits per heavy atom. The van der Waals surface area contributed by atoms with Crippen LogP contribution in [-0.4, -0.2) is 53.9 Å². The van der Waals surface area contributed by atoms with E-state index in [2.05, 4.69) is 22.5 Å². The SMILES string of the molecule is CC#CC(=O)N(C)c1cccc(CC(NC(=O)c2cc(Cl)ccc2Cl)C(=O)N[C@@H](Cc2ccccc2)B(O)O)c1. The van der Waals surface area contributed by atoms with Gasteiger partial charge in [0, 0.05) is 24.2 Å². The largest absolute Gasteiger partial charge is 0.475 e. The summed E-state index contributed by atoms with van der Waals surface area (Å²) in [6.45, 7) is 1.56. The van der Waals surface area contributed by atoms with Crippen molar-refractivity contribution in [2.45, 2.75) is 31.7 Å². The van der Waals surface area contributed by atoms with Gasteiger partial charge in [0.15, 0.2) is 0 Å². The van der Waals surface area contributed by atoms with E-state index in [0.717, 1.165) is 5.56 Å². The van der Waals surface area contributed by atoms with Gasteiger partial charge in [-0.3, -0.25) is 14.4 Å². The Hall–Kier alpha value is -3.81. The van der Waals surface area contributed by atoms with Gasteiger partial charge in [0.1, 0.15) is 6.04 Å². The molecule has 0 saturated heterocycles. The molecule has 0 radical (unpaired) electrons. The molecular formula is C29H28BCl2N3O5. The Morgan fingerprint density at radius 1 is 0.925 bits per heavy atom. The first-order valence-corrected chi connectivity index (χ1v) is 13.1. The lowest BCUT2D eigenvalue weighted by Crippen LogP contribution is -2.55. The first-order chi connectivity index (χ1) is 19.1. The van der Waals surface area contributed by atoms with E-state index in [9.17, 15) is 24.4 Å². The van der Waals surface area contributed by atoms with E-state index in [-0.39, 0.29) is 28.5 Å². The number of carbonyl (C=O) groups excluding carboxylic acids is 3. The van der Waals surface area contributed by atoms with E-state index in [0.29, 0.717) is 11.3 Å². The number of halogens is 2. The van der Waals surface area contributed by atoms with E-state index in [1.54, 1.807) is 62.5 Å². The molecule has 1 unspecified atom stereocenters. The Kier molecular flexibility index (Phi) is 11.2. The predicted octanol–water partition coefficient (Wildman–Crippen LogP) is 3.06. The van der Waals surface area contributed by atoms with E-state index < -0.39 is 36.8 Å². The zero-order valence-electron chi connectivity index (χ0n) is 21.9. The number of benzene rings is 3. The van der Waals surface area contributed by atoms with Crippen LogP contribution < -0.4 is 15.5 Å². The summed E-state index contributed by atoms with van der Waals surface area (Å²) in [6, 6.07) is 19.2. The lowest BCUT2D eigenvalue weighted by Gasteiger charge is -2.24. The van der Waals surface area contributed by atoms with Crippen LogP contribution in [0.2, 0.25) is 10.0 Å². The van der Waals surface area contributed by atoms with Gasteiger partial charge >= 0.3 is 13.0 Å². The topological polar surface area (TPSA) is 119 Å². The quantitative estimate of drug-likeness (QED) is 0.217. The molecular weight excluding hydrogens is 552 g/mol. The van der Waals surface area contributed by atoms with Crippen molar-refractivity contribution in [3.63, 3.8) is 0 Å². The van der Waals surface area contributed by atoms with Crippen molar-refractivity contribution in [1.29, 1.82) is 0 Å². The first kappa shape index (κ1) is 30.7. The third-order valence-corrected chi connectivity index (χ3v) is 6.62. The number of anilines is 1. The fraction of sp³-hybridized carbons (Fsp3) is 0.207. The van der Waals surface area contributed by atoms with Crippen LogP contribution >= 0.6 is 23.2 Å². The molecule has 3 amide bonds. The minimum Gasteiger partial charge on any atom is -0.426 e. The summed E-state index contributed by atoms with van der Waals surface area (Å²) < 4.78 is 0. The van der Waals surface area contributed by atoms with Crippen LogP contribution in [0.25, 0.3) is 0 Å². The standard InChI is InChI=1S/C29H28BCl2N3O5/c1-3-8-27(36)35(2)22-12-7-11-20(15-22)16-25(33-28(37)23-18-21(31)13-14-24(23)32)29(38)34-26(30(39)40)17-19-9-5-4-6-10-19/h4-7,9-15,18,25-26,39-40H,16-17H2,1-2H3,(H,33,37)(H,34,38)/t25?,26-/m0/s1. The monoisotopic (exact) mass is 579 g/mol. The molecule has 0 fully saturated rings. The number of carbonyl (C=O) groups is 3. The van der Waals surface area contributed by atoms with Crippen LogP contribution in [0.4, 0.5) is 5.69 Å². The predicted molar refractivity (Wildman–Crippen MR) is 157 cm³/mol. The van der Waals surface area contributed by atoms with Crippen molar-refractivity contribution >= 4 is 53.7 Å². The molecule has 4 N–H and O–H groups in total. The summed E-state index contributed by atoms with van der Waals surface area (Å²) in [5.41, 5.74) is 2.03. The Balaban J connectivity index is 1.89. The van der Waals surface area contributed by atoms with Crippen LogP contribution in [0, 0.1) is 11.8 Å². The minimum absolute atomic E-state index is 0.0185. The fourth-order valence-electron chi connectivity index (χ4n) is 3.93. The van der Waals surface area contributed by atoms with Crippen molar-refractivity contribution in [1.82, 2.24) is 10.6 Å². The number of hydrogen-bond acceptors (Lipinski definition) is 5. The zero-order valence-corrected chi connectivity index (χ0v) is 23.4. The van der Waals surface area contributed by atoms with Gasteiger partial charge in [-0.2, -0.15) is 0 Å². The second-order valence-corrected chi connectivity index (χ2v) is 9.83. The Labute approximate surface area is 243 Å². The molecule has 11 heteroatoms. The zero-order chi connectivity index (χ0) is 29.2. The second-order valence-electron chi connectivity index (χ2n) is 8.98. The summed E-state index contributed by atoms with van der Waals surface area (Å²) in [4.78, 5) is 40.3. The summed E-state index contributed by atoms with van der Waals surface area (Å²) >= 11 is 12.3. The third kappa shape index (κ3) is 8.60. The molecule has 0 aliphatic heterocycles. The van der Waals surface area contributed by atoms with E-state index >= 15 is 0 Å². The molecule has 8 nitrogen and oxygen atoms in total. The van der Waals surface area contributed by atoms with Crippen LogP contribution in [0.3, 0.4) is 0 Å². The van der Waals surface area contributed by atoms with Crippen molar-refractivity contribution in [3.8, 4) is 11.8 Å². The van der Waals surface area contributed by atoms with E-state index in [1.807, 2.05) is 6.07 Å². The van der Waals surface area contributed by atoms with Crippen molar-refractivity contribution in [2.24, 2.45) is 0 Å². The van der Waals surface area contributed by atoms with Gasteiger partial charge in [0.25, 0.3) is 5.91 Å². The summed E-state index contributed by atoms with van der Waals surface area (Å²) in [5, 5.41) is 25.7. The summed E-state index contributed by atoms with van der Waals surface area (Å²) in [6.07, 6.45) is 0.163. The van der Waals surface area contributed by atoms with Crippen LogP contribution in [0.5, 0.6) is 0 Å². The average Bonchev–Trinajstić information content (AvgIpc) is 2.93. The van der Waals surface area contributed by atoms with Crippen LogP contribution in [-0.2, 0) is 22.4 Å². The van der Waals surface area contributed by atoms with E-state index in [4.69, 9.17) is 23.2 Å². The lowest BCUT2D eigenvalue weighted by atomic mass is 9.75. The van der Waals surface area contributed by atoms with Gasteiger partial charge in [-0.15, -0.1) is 0 Å². The Bertz CT molecular complexity index is 1430. The molecule has 0 aliphatic carbocycles. The van der Waals surface area contributed by atoms with Crippen molar-refractivity contribution in [2.75, 3.05) is 11.9 Å². The molecule has 0 heterocycles. The smallest absolute Gasteiger partial charge is 0.426 e. The average molecular weight is 580 g/mol. The molecule has 206 valence electrons. The summed E-state index contributed by atoms with van der Waals surface area (Å²) in [5.74, 6) is 2.30. The van der Waals surface area contributed by atoms with Gasteiger partial charge in [-0.1, -0.05) is 71.6 Å². The van der Waals surface area contributed by atoms with E-state index in [1.165, 1.54) is 23.1 Å². The molecule has 3 aromatic rings. The Morgan fingerprint density at radius 2 is 1.62 bits per heavy atom. The molecule has 0 aromatic heterocycles. The maximum absolute atomic E-state index is 13.5. The number of amides is 3. The van der Waals surface area contributed by atoms with Crippen molar-refractivity contribution < 1.29 is 24.4 Å². The number of nitrogens with one attached hydrogen (secondary N) is 2. The normalized spacial score (nSPS) is 11.8. The number of rotatable bonds is 10. The number of hydrogen-bond donors (Lipinski definition) is 4. The van der Waals surface area contributed by atoms with Gasteiger partial charge < -0.3 is 25.6 Å². The minimum atomic E-state index is -1.86. The molecule has 0 aliphatic rings. The highest BCUT2D eigenvalue weighted by molar-refractivity contribution is 6.43. The van der Waals surface area contributed by atoms with Gasteiger partial charge in [-0.25, -0.2) is 0 Å². The highest BCUT2D eigenvalue weighted by Gasteiger charge is 2.30. The first-order valence-electron chi connectivity index (χ1n) is 12.3. The lowest BCUT2D eigenvalue weighted by molar-refractivity contribution is -0.123. The third-order valence-electron chi connectivity index (χ3n) is 6.06. The highest BCUT2D eigenvalue weighted by Crippen LogP contribution is 2.21. The number of nitrogens with zero attached hydrogens (tertiary/aromatic N) is 1. The summed E-state index contributed by atoms with van der Waals surface area (Å²) in [7, 11) is -0.277. The van der Waals surface area contributed by atoms with Gasteiger partial charge in [0.05, 0.1) is 16.5 Å². The molecule has 0 spiro atoms. The second kappa shape index (κ2) is 14.5. The van der Waals surface area contributed by atoms with Crippen LogP contribution in [0.1, 0.15) is 28.4 Å². The van der Waals surface area contributed by atoms with Gasteiger partial charge in [-0.05, 0) is 60.7 Å². The fourth-order valence-corrected chi connectivity index (χ4v) is 4.31. The maximum Gasteiger partial charge on any atom is 0.475 e. The molecule has 3 aromatic carbocycles. The van der Waals surface area contributed by atoms with Gasteiger partial charge in [0.2, 0.25) is 5.91 Å².